The average molecular weight is 377 g/mol. The Hall–Kier alpha value is -2.61. The zero-order valence-corrected chi connectivity index (χ0v) is 15.7. The number of carboxylic acids is 1. The number of carbonyl (C=O) groups is 3. The molecule has 148 valence electrons. The van der Waals surface area contributed by atoms with Crippen LogP contribution in [0, 0.1) is 0 Å². The fraction of sp³-hybridized carbons (Fsp3) is 0.526. The Bertz CT molecular complexity index is 656. The molecule has 0 heterocycles. The minimum atomic E-state index is -0.846. The molecule has 8 heteroatoms. The highest BCUT2D eigenvalue weighted by Crippen LogP contribution is 2.25. The quantitative estimate of drug-likeness (QED) is 0.558. The van der Waals surface area contributed by atoms with Gasteiger partial charge < -0.3 is 20.5 Å². The third-order valence-electron chi connectivity index (χ3n) is 4.58. The second kappa shape index (κ2) is 9.91. The lowest BCUT2D eigenvalue weighted by Gasteiger charge is -2.42. The number of benzene rings is 1. The molecule has 8 nitrogen and oxygen atoms in total. The largest absolute Gasteiger partial charge is 0.494 e. The van der Waals surface area contributed by atoms with Crippen LogP contribution in [0.2, 0.25) is 0 Å². The first kappa shape index (κ1) is 20.7. The van der Waals surface area contributed by atoms with Gasteiger partial charge in [-0.05, 0) is 50.6 Å². The number of likely N-dealkylation sites (N-methyl/N-ethyl adjacent to an activating group) is 1. The van der Waals surface area contributed by atoms with E-state index in [-0.39, 0.29) is 37.0 Å². The third kappa shape index (κ3) is 6.25. The number of aliphatic carboxylic acids is 1. The lowest BCUT2D eigenvalue weighted by molar-refractivity contribution is -0.139. The molecule has 0 unspecified atom stereocenters. The van der Waals surface area contributed by atoms with Gasteiger partial charge in [-0.15, -0.1) is 0 Å². The number of hydrogen-bond donors (Lipinski definition) is 3. The number of nitrogens with one attached hydrogen (secondary N) is 2. The predicted molar refractivity (Wildman–Crippen MR) is 99.8 cm³/mol. The van der Waals surface area contributed by atoms with Crippen molar-refractivity contribution in [2.45, 2.75) is 38.8 Å². The van der Waals surface area contributed by atoms with Crippen LogP contribution < -0.4 is 15.4 Å². The van der Waals surface area contributed by atoms with Crippen molar-refractivity contribution in [3.05, 3.63) is 29.8 Å². The van der Waals surface area contributed by atoms with E-state index < -0.39 is 5.97 Å². The SMILES string of the molecule is CCOc1ccc(C(=O)NCC(=O)NC2CC(N(CC)CC(=O)O)C2)cc1. The van der Waals surface area contributed by atoms with Crippen molar-refractivity contribution in [1.82, 2.24) is 15.5 Å². The molecular formula is C19H27N3O5. The summed E-state index contributed by atoms with van der Waals surface area (Å²) in [5.74, 6) is -0.728. The van der Waals surface area contributed by atoms with E-state index in [0.29, 0.717) is 24.5 Å². The summed E-state index contributed by atoms with van der Waals surface area (Å²) in [6.45, 7) is 4.94. The van der Waals surface area contributed by atoms with Crippen molar-refractivity contribution < 1.29 is 24.2 Å². The standard InChI is InChI=1S/C19H27N3O5/c1-3-22(12-18(24)25)15-9-14(10-15)21-17(23)11-20-19(26)13-5-7-16(8-6-13)27-4-2/h5-8,14-15H,3-4,9-12H2,1-2H3,(H,20,26)(H,21,23)(H,24,25). The molecular weight excluding hydrogens is 350 g/mol. The number of carbonyl (C=O) groups excluding carboxylic acids is 2. The summed E-state index contributed by atoms with van der Waals surface area (Å²) < 4.78 is 5.32. The Balaban J connectivity index is 1.69. The number of rotatable bonds is 10. The maximum atomic E-state index is 12.1. The van der Waals surface area contributed by atoms with Crippen molar-refractivity contribution in [3.8, 4) is 5.75 Å². The smallest absolute Gasteiger partial charge is 0.317 e. The second-order valence-electron chi connectivity index (χ2n) is 6.49. The number of amides is 2. The zero-order chi connectivity index (χ0) is 19.8. The molecule has 1 aromatic carbocycles. The highest BCUT2D eigenvalue weighted by atomic mass is 16.5. The van der Waals surface area contributed by atoms with Crippen LogP contribution in [0.25, 0.3) is 0 Å². The molecule has 1 aromatic rings. The summed E-state index contributed by atoms with van der Waals surface area (Å²) >= 11 is 0. The molecule has 0 saturated heterocycles. The van der Waals surface area contributed by atoms with E-state index >= 15 is 0 Å². The molecule has 0 radical (unpaired) electrons. The average Bonchev–Trinajstić information content (AvgIpc) is 2.61. The molecule has 1 aliphatic rings. The summed E-state index contributed by atoms with van der Waals surface area (Å²) in [7, 11) is 0. The van der Waals surface area contributed by atoms with E-state index in [2.05, 4.69) is 10.6 Å². The van der Waals surface area contributed by atoms with Crippen LogP contribution >= 0.6 is 0 Å². The van der Waals surface area contributed by atoms with Crippen LogP contribution in [0.15, 0.2) is 24.3 Å². The topological polar surface area (TPSA) is 108 Å². The first-order chi connectivity index (χ1) is 12.9. The molecule has 1 fully saturated rings. The van der Waals surface area contributed by atoms with E-state index in [1.165, 1.54) is 0 Å². The van der Waals surface area contributed by atoms with Crippen molar-refractivity contribution in [2.24, 2.45) is 0 Å². The molecule has 0 spiro atoms. The molecule has 0 aliphatic heterocycles. The molecule has 0 bridgehead atoms. The normalized spacial score (nSPS) is 18.5. The number of ether oxygens (including phenoxy) is 1. The molecule has 27 heavy (non-hydrogen) atoms. The predicted octanol–water partition coefficient (Wildman–Crippen LogP) is 0.869. The number of carboxylic acid groups (broad SMARTS) is 1. The lowest BCUT2D eigenvalue weighted by Crippen LogP contribution is -2.55. The van der Waals surface area contributed by atoms with Crippen LogP contribution in [0.1, 0.15) is 37.0 Å². The van der Waals surface area contributed by atoms with Crippen molar-refractivity contribution in [2.75, 3.05) is 26.2 Å². The van der Waals surface area contributed by atoms with Gasteiger partial charge in [0, 0.05) is 17.6 Å². The van der Waals surface area contributed by atoms with Gasteiger partial charge in [-0.25, -0.2) is 0 Å². The fourth-order valence-corrected chi connectivity index (χ4v) is 3.09. The summed E-state index contributed by atoms with van der Waals surface area (Å²) in [5, 5.41) is 14.4. The van der Waals surface area contributed by atoms with Gasteiger partial charge in [-0.2, -0.15) is 0 Å². The van der Waals surface area contributed by atoms with E-state index in [9.17, 15) is 14.4 Å². The monoisotopic (exact) mass is 377 g/mol. The van der Waals surface area contributed by atoms with Gasteiger partial charge in [0.25, 0.3) is 5.91 Å². The summed E-state index contributed by atoms with van der Waals surface area (Å²) in [4.78, 5) is 36.8. The zero-order valence-electron chi connectivity index (χ0n) is 15.7. The Labute approximate surface area is 158 Å². The maximum Gasteiger partial charge on any atom is 0.317 e. The molecule has 2 rings (SSSR count). The highest BCUT2D eigenvalue weighted by Gasteiger charge is 2.34. The van der Waals surface area contributed by atoms with Gasteiger partial charge in [0.2, 0.25) is 5.91 Å². The van der Waals surface area contributed by atoms with Crippen LogP contribution in [0.5, 0.6) is 5.75 Å². The third-order valence-corrected chi connectivity index (χ3v) is 4.58. The first-order valence-electron chi connectivity index (χ1n) is 9.19. The van der Waals surface area contributed by atoms with Crippen molar-refractivity contribution in [1.29, 1.82) is 0 Å². The number of hydrogen-bond acceptors (Lipinski definition) is 5. The summed E-state index contributed by atoms with van der Waals surface area (Å²) in [6, 6.07) is 6.92. The van der Waals surface area contributed by atoms with Crippen molar-refractivity contribution in [3.63, 3.8) is 0 Å². The van der Waals surface area contributed by atoms with Crippen LogP contribution in [-0.2, 0) is 9.59 Å². The van der Waals surface area contributed by atoms with Gasteiger partial charge in [-0.1, -0.05) is 6.92 Å². The molecule has 2 amide bonds. The van der Waals surface area contributed by atoms with Gasteiger partial charge in [0.1, 0.15) is 5.75 Å². The summed E-state index contributed by atoms with van der Waals surface area (Å²) in [5.41, 5.74) is 0.460. The first-order valence-corrected chi connectivity index (χ1v) is 9.19. The number of nitrogens with zero attached hydrogens (tertiary/aromatic N) is 1. The van der Waals surface area contributed by atoms with E-state index in [1.807, 2.05) is 18.7 Å². The Morgan fingerprint density at radius 2 is 1.85 bits per heavy atom. The van der Waals surface area contributed by atoms with Gasteiger partial charge in [-0.3, -0.25) is 19.3 Å². The Kier molecular flexibility index (Phi) is 7.60. The van der Waals surface area contributed by atoms with E-state index in [4.69, 9.17) is 9.84 Å². The second-order valence-corrected chi connectivity index (χ2v) is 6.49. The minimum absolute atomic E-state index is 0.0139. The Morgan fingerprint density at radius 1 is 1.19 bits per heavy atom. The van der Waals surface area contributed by atoms with Crippen LogP contribution in [-0.4, -0.2) is 66.1 Å². The van der Waals surface area contributed by atoms with Gasteiger partial charge in [0.05, 0.1) is 19.7 Å². The Morgan fingerprint density at radius 3 is 2.41 bits per heavy atom. The summed E-state index contributed by atoms with van der Waals surface area (Å²) in [6.07, 6.45) is 1.44. The fourth-order valence-electron chi connectivity index (χ4n) is 3.09. The maximum absolute atomic E-state index is 12.1. The molecule has 1 aliphatic carbocycles. The van der Waals surface area contributed by atoms with E-state index in [0.717, 1.165) is 12.8 Å². The molecule has 0 aromatic heterocycles. The molecule has 1 saturated carbocycles. The van der Waals surface area contributed by atoms with Crippen LogP contribution in [0.4, 0.5) is 0 Å². The highest BCUT2D eigenvalue weighted by molar-refractivity contribution is 5.96. The van der Waals surface area contributed by atoms with Gasteiger partial charge in [0.15, 0.2) is 0 Å². The van der Waals surface area contributed by atoms with Crippen LogP contribution in [0.3, 0.4) is 0 Å². The van der Waals surface area contributed by atoms with Gasteiger partial charge >= 0.3 is 5.97 Å². The lowest BCUT2D eigenvalue weighted by atomic mass is 9.85. The minimum Gasteiger partial charge on any atom is -0.494 e. The van der Waals surface area contributed by atoms with E-state index in [1.54, 1.807) is 24.3 Å². The molecule has 3 N–H and O–H groups in total. The van der Waals surface area contributed by atoms with Crippen molar-refractivity contribution >= 4 is 17.8 Å². The molecule has 0 atom stereocenters.